The van der Waals surface area contributed by atoms with Gasteiger partial charge in [0, 0.05) is 15.6 Å². The van der Waals surface area contributed by atoms with Crippen molar-refractivity contribution >= 4 is 52.8 Å². The first kappa shape index (κ1) is 22.6. The van der Waals surface area contributed by atoms with E-state index in [-0.39, 0.29) is 12.2 Å². The van der Waals surface area contributed by atoms with E-state index in [4.69, 9.17) is 27.9 Å². The van der Waals surface area contributed by atoms with Crippen LogP contribution in [-0.4, -0.2) is 17.8 Å². The van der Waals surface area contributed by atoms with Crippen molar-refractivity contribution in [2.45, 2.75) is 13.5 Å². The maximum absolute atomic E-state index is 13.1. The van der Waals surface area contributed by atoms with Gasteiger partial charge in [0.2, 0.25) is 0 Å². The Bertz CT molecular complexity index is 1300. The van der Waals surface area contributed by atoms with Crippen LogP contribution in [0.3, 0.4) is 0 Å². The van der Waals surface area contributed by atoms with E-state index in [2.05, 4.69) is 5.32 Å². The number of urea groups is 1. The summed E-state index contributed by atoms with van der Waals surface area (Å²) in [5.41, 5.74) is 2.17. The lowest BCUT2D eigenvalue weighted by Crippen LogP contribution is -2.54. The summed E-state index contributed by atoms with van der Waals surface area (Å²) in [6, 6.07) is 18.3. The molecule has 4 rings (SSSR count). The molecule has 0 aliphatic carbocycles. The third-order valence-corrected chi connectivity index (χ3v) is 5.64. The van der Waals surface area contributed by atoms with Gasteiger partial charge in [0.15, 0.2) is 0 Å². The highest BCUT2D eigenvalue weighted by atomic mass is 35.5. The molecule has 1 N–H and O–H groups in total. The molecule has 33 heavy (non-hydrogen) atoms. The second-order valence-corrected chi connectivity index (χ2v) is 8.18. The Labute approximate surface area is 200 Å². The van der Waals surface area contributed by atoms with Crippen molar-refractivity contribution in [3.8, 4) is 5.75 Å². The van der Waals surface area contributed by atoms with Crippen molar-refractivity contribution in [1.29, 1.82) is 0 Å². The fraction of sp³-hybridized carbons (Fsp3) is 0.0800. The zero-order chi connectivity index (χ0) is 23.5. The molecule has 1 heterocycles. The molecule has 0 bridgehead atoms. The van der Waals surface area contributed by atoms with Crippen molar-refractivity contribution in [2.24, 2.45) is 0 Å². The average Bonchev–Trinajstić information content (AvgIpc) is 2.78. The Morgan fingerprint density at radius 2 is 1.76 bits per heavy atom. The average molecular weight is 481 g/mol. The molecule has 0 atom stereocenters. The van der Waals surface area contributed by atoms with E-state index in [0.29, 0.717) is 32.6 Å². The fourth-order valence-corrected chi connectivity index (χ4v) is 3.69. The van der Waals surface area contributed by atoms with Gasteiger partial charge >= 0.3 is 6.03 Å². The maximum atomic E-state index is 13.1. The first-order valence-electron chi connectivity index (χ1n) is 9.97. The van der Waals surface area contributed by atoms with Crippen molar-refractivity contribution in [3.05, 3.63) is 99.0 Å². The highest BCUT2D eigenvalue weighted by Crippen LogP contribution is 2.28. The van der Waals surface area contributed by atoms with E-state index in [1.54, 1.807) is 49.4 Å². The minimum absolute atomic E-state index is 0.183. The molecule has 0 spiro atoms. The van der Waals surface area contributed by atoms with Gasteiger partial charge in [0.1, 0.15) is 17.9 Å². The lowest BCUT2D eigenvalue weighted by Gasteiger charge is -2.27. The van der Waals surface area contributed by atoms with Crippen LogP contribution in [0.1, 0.15) is 16.7 Å². The number of amides is 4. The second kappa shape index (κ2) is 9.48. The van der Waals surface area contributed by atoms with Gasteiger partial charge in [-0.25, -0.2) is 9.69 Å². The van der Waals surface area contributed by atoms with Gasteiger partial charge < -0.3 is 4.74 Å². The largest absolute Gasteiger partial charge is 0.489 e. The molecule has 4 amide bonds. The number of imide groups is 2. The molecule has 1 saturated heterocycles. The Balaban J connectivity index is 1.61. The number of benzene rings is 3. The van der Waals surface area contributed by atoms with E-state index >= 15 is 0 Å². The lowest BCUT2D eigenvalue weighted by molar-refractivity contribution is -0.122. The van der Waals surface area contributed by atoms with E-state index in [1.165, 1.54) is 12.1 Å². The Hall–Kier alpha value is -3.61. The summed E-state index contributed by atoms with van der Waals surface area (Å²) in [6.07, 6.45) is 1.42. The normalized spacial score (nSPS) is 15.1. The number of barbiturate groups is 1. The molecule has 1 fully saturated rings. The molecule has 8 heteroatoms. The van der Waals surface area contributed by atoms with Gasteiger partial charge in [-0.1, -0.05) is 59.6 Å². The van der Waals surface area contributed by atoms with Crippen LogP contribution in [0.25, 0.3) is 6.08 Å². The van der Waals surface area contributed by atoms with Gasteiger partial charge in [-0.3, -0.25) is 14.9 Å². The van der Waals surface area contributed by atoms with Crippen LogP contribution in [0.4, 0.5) is 10.5 Å². The molecule has 166 valence electrons. The first-order valence-corrected chi connectivity index (χ1v) is 10.7. The van der Waals surface area contributed by atoms with Crippen molar-refractivity contribution in [1.82, 2.24) is 5.32 Å². The molecule has 0 aromatic heterocycles. The van der Waals surface area contributed by atoms with E-state index < -0.39 is 17.8 Å². The summed E-state index contributed by atoms with van der Waals surface area (Å²) in [5, 5.41) is 3.17. The maximum Gasteiger partial charge on any atom is 0.335 e. The highest BCUT2D eigenvalue weighted by molar-refractivity contribution is 6.39. The zero-order valence-corrected chi connectivity index (χ0v) is 19.0. The minimum atomic E-state index is -0.829. The molecule has 3 aromatic rings. The Morgan fingerprint density at radius 3 is 2.55 bits per heavy atom. The first-order chi connectivity index (χ1) is 15.8. The van der Waals surface area contributed by atoms with Crippen LogP contribution < -0.4 is 15.0 Å². The number of nitrogens with zero attached hydrogens (tertiary/aromatic N) is 1. The molecule has 0 saturated carbocycles. The summed E-state index contributed by atoms with van der Waals surface area (Å²) in [7, 11) is 0. The Kier molecular flexibility index (Phi) is 6.49. The number of hydrogen-bond donors (Lipinski definition) is 1. The van der Waals surface area contributed by atoms with E-state index in [9.17, 15) is 14.4 Å². The number of nitrogens with one attached hydrogen (secondary N) is 1. The van der Waals surface area contributed by atoms with Gasteiger partial charge in [-0.2, -0.15) is 0 Å². The molecule has 0 radical (unpaired) electrons. The SMILES string of the molecule is Cc1ccc(Cl)cc1N1C(=O)NC(=O)/C(=C/c2cccc(OCc3ccccc3Cl)c2)C1=O. The smallest absolute Gasteiger partial charge is 0.335 e. The molecular weight excluding hydrogens is 463 g/mol. The summed E-state index contributed by atoms with van der Waals surface area (Å²) in [4.78, 5) is 39.0. The van der Waals surface area contributed by atoms with Gasteiger partial charge in [-0.05, 0) is 54.5 Å². The molecular formula is C25H18Cl2N2O4. The fourth-order valence-electron chi connectivity index (χ4n) is 3.34. The monoisotopic (exact) mass is 480 g/mol. The number of anilines is 1. The van der Waals surface area contributed by atoms with Gasteiger partial charge in [-0.15, -0.1) is 0 Å². The van der Waals surface area contributed by atoms with E-state index in [0.717, 1.165) is 10.5 Å². The summed E-state index contributed by atoms with van der Waals surface area (Å²) < 4.78 is 5.81. The van der Waals surface area contributed by atoms with Crippen LogP contribution in [0.5, 0.6) is 5.75 Å². The minimum Gasteiger partial charge on any atom is -0.489 e. The number of carbonyl (C=O) groups is 3. The second-order valence-electron chi connectivity index (χ2n) is 7.34. The summed E-state index contributed by atoms with van der Waals surface area (Å²) in [6.45, 7) is 2.00. The highest BCUT2D eigenvalue weighted by Gasteiger charge is 2.37. The zero-order valence-electron chi connectivity index (χ0n) is 17.5. The predicted molar refractivity (Wildman–Crippen MR) is 127 cm³/mol. The van der Waals surface area contributed by atoms with Gasteiger partial charge in [0.25, 0.3) is 11.8 Å². The van der Waals surface area contributed by atoms with Crippen LogP contribution in [-0.2, 0) is 16.2 Å². The lowest BCUT2D eigenvalue weighted by atomic mass is 10.1. The Morgan fingerprint density at radius 1 is 0.970 bits per heavy atom. The summed E-state index contributed by atoms with van der Waals surface area (Å²) >= 11 is 12.2. The third kappa shape index (κ3) is 4.92. The molecule has 0 unspecified atom stereocenters. The number of aryl methyl sites for hydroxylation is 1. The number of halogens is 2. The quantitative estimate of drug-likeness (QED) is 0.383. The van der Waals surface area contributed by atoms with Crippen molar-refractivity contribution < 1.29 is 19.1 Å². The molecule has 1 aliphatic rings. The predicted octanol–water partition coefficient (Wildman–Crippen LogP) is 5.55. The third-order valence-electron chi connectivity index (χ3n) is 5.04. The number of hydrogen-bond acceptors (Lipinski definition) is 4. The standard InChI is InChI=1S/C25H18Cl2N2O4/c1-15-9-10-18(26)13-22(15)29-24(31)20(23(30)28-25(29)32)12-16-5-4-7-19(11-16)33-14-17-6-2-3-8-21(17)27/h2-13H,14H2,1H3,(H,28,30,32)/b20-12-. The number of rotatable bonds is 5. The topological polar surface area (TPSA) is 75.7 Å². The van der Waals surface area contributed by atoms with Crippen LogP contribution in [0.2, 0.25) is 10.0 Å². The van der Waals surface area contributed by atoms with Crippen LogP contribution in [0, 0.1) is 6.92 Å². The molecule has 6 nitrogen and oxygen atoms in total. The number of ether oxygens (including phenoxy) is 1. The van der Waals surface area contributed by atoms with Crippen molar-refractivity contribution in [2.75, 3.05) is 4.90 Å². The van der Waals surface area contributed by atoms with E-state index in [1.807, 2.05) is 18.2 Å². The van der Waals surface area contributed by atoms with Crippen LogP contribution >= 0.6 is 23.2 Å². The van der Waals surface area contributed by atoms with Crippen LogP contribution in [0.15, 0.2) is 72.3 Å². The summed E-state index contributed by atoms with van der Waals surface area (Å²) in [5.74, 6) is -0.980. The molecule has 1 aliphatic heterocycles. The van der Waals surface area contributed by atoms with Gasteiger partial charge in [0.05, 0.1) is 5.69 Å². The number of carbonyl (C=O) groups excluding carboxylic acids is 3. The molecule has 3 aromatic carbocycles. The van der Waals surface area contributed by atoms with Crippen molar-refractivity contribution in [3.63, 3.8) is 0 Å².